The van der Waals surface area contributed by atoms with E-state index in [1.54, 1.807) is 36.4 Å². The molecule has 0 aliphatic carbocycles. The van der Waals surface area contributed by atoms with Gasteiger partial charge in [0.2, 0.25) is 0 Å². The average molecular weight is 404 g/mol. The van der Waals surface area contributed by atoms with Gasteiger partial charge in [0.1, 0.15) is 31.5 Å². The SMILES string of the molecule is C#CCOc1ccc(/C=C(\C#N)C(=O)Nc2ccc3c(c2)OCCO3)cc1OCC. The summed E-state index contributed by atoms with van der Waals surface area (Å²) < 4.78 is 22.0. The minimum Gasteiger partial charge on any atom is -0.490 e. The number of carbonyl (C=O) groups is 1. The van der Waals surface area contributed by atoms with Crippen LogP contribution in [0.1, 0.15) is 12.5 Å². The first-order chi connectivity index (χ1) is 14.6. The maximum atomic E-state index is 12.6. The quantitative estimate of drug-likeness (QED) is 0.432. The van der Waals surface area contributed by atoms with Gasteiger partial charge in [0.05, 0.1) is 6.61 Å². The van der Waals surface area contributed by atoms with Gasteiger partial charge in [0, 0.05) is 11.8 Å². The van der Waals surface area contributed by atoms with E-state index in [1.165, 1.54) is 6.08 Å². The fourth-order valence-corrected chi connectivity index (χ4v) is 2.76. The predicted molar refractivity (Wildman–Crippen MR) is 112 cm³/mol. The Bertz CT molecular complexity index is 1050. The molecule has 0 saturated carbocycles. The summed E-state index contributed by atoms with van der Waals surface area (Å²) in [5, 5.41) is 12.2. The number of rotatable bonds is 7. The lowest BCUT2D eigenvalue weighted by atomic mass is 10.1. The van der Waals surface area contributed by atoms with E-state index >= 15 is 0 Å². The highest BCUT2D eigenvalue weighted by atomic mass is 16.6. The molecule has 7 nitrogen and oxygen atoms in total. The fraction of sp³-hybridized carbons (Fsp3) is 0.217. The second kappa shape index (κ2) is 9.90. The molecule has 0 bridgehead atoms. The molecule has 1 amide bonds. The van der Waals surface area contributed by atoms with E-state index in [0.717, 1.165) is 0 Å². The molecule has 30 heavy (non-hydrogen) atoms. The van der Waals surface area contributed by atoms with Crippen LogP contribution in [0, 0.1) is 23.7 Å². The number of benzene rings is 2. The molecule has 7 heteroatoms. The number of nitrogens with one attached hydrogen (secondary N) is 1. The molecule has 0 saturated heterocycles. The van der Waals surface area contributed by atoms with Gasteiger partial charge in [-0.05, 0) is 42.8 Å². The van der Waals surface area contributed by atoms with Gasteiger partial charge in [0.25, 0.3) is 5.91 Å². The molecule has 0 aromatic heterocycles. The zero-order valence-corrected chi connectivity index (χ0v) is 16.4. The van der Waals surface area contributed by atoms with Crippen molar-refractivity contribution in [2.24, 2.45) is 0 Å². The first-order valence-corrected chi connectivity index (χ1v) is 9.30. The van der Waals surface area contributed by atoms with Gasteiger partial charge in [-0.2, -0.15) is 5.26 Å². The van der Waals surface area contributed by atoms with Crippen molar-refractivity contribution in [1.29, 1.82) is 5.26 Å². The molecule has 0 fully saturated rings. The minimum atomic E-state index is -0.542. The van der Waals surface area contributed by atoms with Crippen LogP contribution in [0.5, 0.6) is 23.0 Å². The Labute approximate surface area is 174 Å². The number of amides is 1. The lowest BCUT2D eigenvalue weighted by Crippen LogP contribution is -2.17. The third-order valence-corrected chi connectivity index (χ3v) is 4.05. The molecule has 3 rings (SSSR count). The van der Waals surface area contributed by atoms with Gasteiger partial charge in [0.15, 0.2) is 23.0 Å². The van der Waals surface area contributed by atoms with Crippen molar-refractivity contribution in [3.05, 3.63) is 47.5 Å². The van der Waals surface area contributed by atoms with Crippen LogP contribution in [0.4, 0.5) is 5.69 Å². The standard InChI is InChI=1S/C23H20N2O5/c1-3-9-28-19-7-5-16(13-21(19)27-4-2)12-17(15-24)23(26)25-18-6-8-20-22(14-18)30-11-10-29-20/h1,5-8,12-14H,4,9-11H2,2H3,(H,25,26)/b17-12+. The summed E-state index contributed by atoms with van der Waals surface area (Å²) in [7, 11) is 0. The van der Waals surface area contributed by atoms with E-state index in [4.69, 9.17) is 25.4 Å². The summed E-state index contributed by atoms with van der Waals surface area (Å²) in [5.41, 5.74) is 1.04. The molecule has 1 heterocycles. The van der Waals surface area contributed by atoms with Crippen LogP contribution in [0.2, 0.25) is 0 Å². The van der Waals surface area contributed by atoms with Crippen LogP contribution < -0.4 is 24.3 Å². The molecule has 2 aromatic rings. The van der Waals surface area contributed by atoms with Crippen LogP contribution >= 0.6 is 0 Å². The van der Waals surface area contributed by atoms with Crippen LogP contribution in [-0.2, 0) is 4.79 Å². The number of carbonyl (C=O) groups excluding carboxylic acids is 1. The van der Waals surface area contributed by atoms with Crippen molar-refractivity contribution in [3.8, 4) is 41.4 Å². The van der Waals surface area contributed by atoms with Crippen molar-refractivity contribution >= 4 is 17.7 Å². The zero-order valence-electron chi connectivity index (χ0n) is 16.4. The van der Waals surface area contributed by atoms with Crippen molar-refractivity contribution in [3.63, 3.8) is 0 Å². The number of nitriles is 1. The fourth-order valence-electron chi connectivity index (χ4n) is 2.76. The van der Waals surface area contributed by atoms with E-state index in [-0.39, 0.29) is 12.2 Å². The topological polar surface area (TPSA) is 89.8 Å². The molecular formula is C23H20N2O5. The summed E-state index contributed by atoms with van der Waals surface area (Å²) in [6.07, 6.45) is 6.70. The Morgan fingerprint density at radius 1 is 1.17 bits per heavy atom. The van der Waals surface area contributed by atoms with Crippen molar-refractivity contribution in [2.75, 3.05) is 31.7 Å². The van der Waals surface area contributed by atoms with Gasteiger partial charge in [-0.1, -0.05) is 12.0 Å². The summed E-state index contributed by atoms with van der Waals surface area (Å²) in [6, 6.07) is 12.1. The first-order valence-electron chi connectivity index (χ1n) is 9.30. The number of ether oxygens (including phenoxy) is 4. The summed E-state index contributed by atoms with van der Waals surface area (Å²) in [6.45, 7) is 3.30. The lowest BCUT2D eigenvalue weighted by Gasteiger charge is -2.18. The molecule has 0 radical (unpaired) electrons. The molecule has 2 aromatic carbocycles. The number of nitrogens with zero attached hydrogens (tertiary/aromatic N) is 1. The summed E-state index contributed by atoms with van der Waals surface area (Å²) in [4.78, 5) is 12.6. The number of hydrogen-bond acceptors (Lipinski definition) is 6. The molecule has 0 atom stereocenters. The van der Waals surface area contributed by atoms with Crippen molar-refractivity contribution < 1.29 is 23.7 Å². The van der Waals surface area contributed by atoms with Crippen LogP contribution in [0.3, 0.4) is 0 Å². The summed E-state index contributed by atoms with van der Waals surface area (Å²) >= 11 is 0. The number of fused-ring (bicyclic) bond motifs is 1. The van der Waals surface area contributed by atoms with Crippen LogP contribution in [0.15, 0.2) is 42.0 Å². The van der Waals surface area contributed by atoms with Gasteiger partial charge in [-0.15, -0.1) is 6.42 Å². The highest BCUT2D eigenvalue weighted by molar-refractivity contribution is 6.09. The van der Waals surface area contributed by atoms with E-state index in [1.807, 2.05) is 13.0 Å². The van der Waals surface area contributed by atoms with E-state index in [9.17, 15) is 10.1 Å². The third-order valence-electron chi connectivity index (χ3n) is 4.05. The maximum Gasteiger partial charge on any atom is 0.266 e. The first kappa shape index (κ1) is 20.6. The van der Waals surface area contributed by atoms with E-state index < -0.39 is 5.91 Å². The highest BCUT2D eigenvalue weighted by Crippen LogP contribution is 2.33. The second-order valence-corrected chi connectivity index (χ2v) is 6.11. The molecule has 0 spiro atoms. The molecule has 1 aliphatic rings. The molecule has 1 N–H and O–H groups in total. The Morgan fingerprint density at radius 2 is 1.97 bits per heavy atom. The molecule has 0 unspecified atom stereocenters. The Balaban J connectivity index is 1.79. The maximum absolute atomic E-state index is 12.6. The van der Waals surface area contributed by atoms with Crippen molar-refractivity contribution in [2.45, 2.75) is 6.92 Å². The Morgan fingerprint density at radius 3 is 2.70 bits per heavy atom. The summed E-state index contributed by atoms with van der Waals surface area (Å²) in [5.74, 6) is 3.99. The molecular weight excluding hydrogens is 384 g/mol. The monoisotopic (exact) mass is 404 g/mol. The van der Waals surface area contributed by atoms with E-state index in [2.05, 4.69) is 11.2 Å². The molecule has 1 aliphatic heterocycles. The average Bonchev–Trinajstić information content (AvgIpc) is 2.77. The van der Waals surface area contributed by atoms with Gasteiger partial charge < -0.3 is 24.3 Å². The minimum absolute atomic E-state index is 0.0652. The Hall–Kier alpha value is -4.10. The highest BCUT2D eigenvalue weighted by Gasteiger charge is 2.15. The smallest absolute Gasteiger partial charge is 0.266 e. The largest absolute Gasteiger partial charge is 0.490 e. The number of hydrogen-bond donors (Lipinski definition) is 1. The second-order valence-electron chi connectivity index (χ2n) is 6.11. The van der Waals surface area contributed by atoms with Gasteiger partial charge >= 0.3 is 0 Å². The Kier molecular flexibility index (Phi) is 6.81. The van der Waals surface area contributed by atoms with E-state index in [0.29, 0.717) is 54.1 Å². The number of anilines is 1. The number of terminal acetylenes is 1. The lowest BCUT2D eigenvalue weighted by molar-refractivity contribution is -0.112. The van der Waals surface area contributed by atoms with Crippen LogP contribution in [-0.4, -0.2) is 32.3 Å². The van der Waals surface area contributed by atoms with Gasteiger partial charge in [-0.25, -0.2) is 0 Å². The van der Waals surface area contributed by atoms with Crippen LogP contribution in [0.25, 0.3) is 6.08 Å². The molecule has 152 valence electrons. The zero-order chi connectivity index (χ0) is 21.3. The van der Waals surface area contributed by atoms with Gasteiger partial charge in [-0.3, -0.25) is 4.79 Å². The third kappa shape index (κ3) is 5.03. The predicted octanol–water partition coefficient (Wildman–Crippen LogP) is 3.41. The normalized spacial score (nSPS) is 12.3. The van der Waals surface area contributed by atoms with Crippen molar-refractivity contribution in [1.82, 2.24) is 0 Å².